The minimum Gasteiger partial charge on any atom is -0.439 e. The SMILES string of the molecule is Nc1ccc2nc(Oc3cccc(Cl)c3)ccc2c1. The molecule has 0 aliphatic carbocycles. The number of aromatic nitrogens is 1. The Morgan fingerprint density at radius 2 is 1.89 bits per heavy atom. The molecule has 1 aromatic heterocycles. The molecule has 4 heteroatoms. The van der Waals surface area contributed by atoms with Gasteiger partial charge < -0.3 is 10.5 Å². The summed E-state index contributed by atoms with van der Waals surface area (Å²) in [7, 11) is 0. The first-order valence-electron chi connectivity index (χ1n) is 5.80. The largest absolute Gasteiger partial charge is 0.439 e. The van der Waals surface area contributed by atoms with Gasteiger partial charge in [0.1, 0.15) is 5.75 Å². The molecule has 0 aliphatic heterocycles. The van der Waals surface area contributed by atoms with Crippen LogP contribution in [-0.2, 0) is 0 Å². The number of anilines is 1. The highest BCUT2D eigenvalue weighted by atomic mass is 35.5. The minimum absolute atomic E-state index is 0.527. The number of benzene rings is 2. The van der Waals surface area contributed by atoms with Crippen molar-refractivity contribution in [1.82, 2.24) is 4.98 Å². The molecular weight excluding hydrogens is 260 g/mol. The summed E-state index contributed by atoms with van der Waals surface area (Å²) in [6.45, 7) is 0. The lowest BCUT2D eigenvalue weighted by Crippen LogP contribution is -1.90. The highest BCUT2D eigenvalue weighted by Gasteiger charge is 2.02. The molecule has 1 heterocycles. The van der Waals surface area contributed by atoms with Gasteiger partial charge in [0.15, 0.2) is 0 Å². The molecule has 0 fully saturated rings. The van der Waals surface area contributed by atoms with Crippen molar-refractivity contribution in [2.75, 3.05) is 5.73 Å². The minimum atomic E-state index is 0.527. The third-order valence-electron chi connectivity index (χ3n) is 2.71. The molecule has 0 unspecified atom stereocenters. The molecule has 0 saturated carbocycles. The lowest BCUT2D eigenvalue weighted by atomic mass is 10.2. The van der Waals surface area contributed by atoms with Crippen LogP contribution in [0.1, 0.15) is 0 Å². The highest BCUT2D eigenvalue weighted by Crippen LogP contribution is 2.25. The third-order valence-corrected chi connectivity index (χ3v) is 2.94. The van der Waals surface area contributed by atoms with Crippen LogP contribution >= 0.6 is 11.6 Å². The molecule has 0 radical (unpaired) electrons. The number of halogens is 1. The number of pyridine rings is 1. The van der Waals surface area contributed by atoms with Gasteiger partial charge in [-0.05, 0) is 42.5 Å². The van der Waals surface area contributed by atoms with Crippen LogP contribution in [0.25, 0.3) is 10.9 Å². The summed E-state index contributed by atoms with van der Waals surface area (Å²) in [5.74, 6) is 1.19. The zero-order valence-electron chi connectivity index (χ0n) is 10.0. The van der Waals surface area contributed by atoms with Crippen LogP contribution in [0.4, 0.5) is 5.69 Å². The third kappa shape index (κ3) is 2.61. The molecule has 0 spiro atoms. The Kier molecular flexibility index (Phi) is 2.97. The molecule has 2 aromatic carbocycles. The molecule has 0 saturated heterocycles. The first-order chi connectivity index (χ1) is 9.20. The van der Waals surface area contributed by atoms with Gasteiger partial charge in [-0.1, -0.05) is 17.7 Å². The van der Waals surface area contributed by atoms with E-state index in [-0.39, 0.29) is 0 Å². The van der Waals surface area contributed by atoms with Crippen LogP contribution in [0.15, 0.2) is 54.6 Å². The van der Waals surface area contributed by atoms with E-state index in [0.29, 0.717) is 16.7 Å². The average Bonchev–Trinajstić information content (AvgIpc) is 2.39. The van der Waals surface area contributed by atoms with Crippen molar-refractivity contribution in [1.29, 1.82) is 0 Å². The Labute approximate surface area is 115 Å². The van der Waals surface area contributed by atoms with E-state index in [1.165, 1.54) is 0 Å². The number of nitrogens with two attached hydrogens (primary N) is 1. The first-order valence-corrected chi connectivity index (χ1v) is 6.18. The Morgan fingerprint density at radius 1 is 1.00 bits per heavy atom. The summed E-state index contributed by atoms with van der Waals surface area (Å²) in [6, 6.07) is 16.5. The molecule has 3 rings (SSSR count). The van der Waals surface area contributed by atoms with Crippen molar-refractivity contribution in [3.05, 3.63) is 59.6 Å². The molecule has 0 amide bonds. The lowest BCUT2D eigenvalue weighted by Gasteiger charge is -2.06. The normalized spacial score (nSPS) is 10.6. The van der Waals surface area contributed by atoms with Crippen molar-refractivity contribution in [3.8, 4) is 11.6 Å². The smallest absolute Gasteiger partial charge is 0.219 e. The van der Waals surface area contributed by atoms with Gasteiger partial charge in [-0.2, -0.15) is 0 Å². The molecule has 19 heavy (non-hydrogen) atoms. The molecule has 0 aliphatic rings. The van der Waals surface area contributed by atoms with E-state index < -0.39 is 0 Å². The lowest BCUT2D eigenvalue weighted by molar-refractivity contribution is 0.465. The topological polar surface area (TPSA) is 48.1 Å². The van der Waals surface area contributed by atoms with Crippen LogP contribution in [0.3, 0.4) is 0 Å². The molecule has 3 nitrogen and oxygen atoms in total. The Balaban J connectivity index is 1.95. The van der Waals surface area contributed by atoms with Gasteiger partial charge in [0.05, 0.1) is 5.52 Å². The maximum atomic E-state index is 5.91. The van der Waals surface area contributed by atoms with Crippen molar-refractivity contribution in [3.63, 3.8) is 0 Å². The predicted octanol–water partition coefficient (Wildman–Crippen LogP) is 4.26. The van der Waals surface area contributed by atoms with Crippen LogP contribution in [-0.4, -0.2) is 4.98 Å². The summed E-state index contributed by atoms with van der Waals surface area (Å²) in [6.07, 6.45) is 0. The van der Waals surface area contributed by atoms with Gasteiger partial charge >= 0.3 is 0 Å². The number of nitrogen functional groups attached to an aromatic ring is 1. The first kappa shape index (κ1) is 11.8. The van der Waals surface area contributed by atoms with Crippen LogP contribution in [0, 0.1) is 0 Å². The predicted molar refractivity (Wildman–Crippen MR) is 77.7 cm³/mol. The van der Waals surface area contributed by atoms with Crippen LogP contribution in [0.5, 0.6) is 11.6 Å². The summed E-state index contributed by atoms with van der Waals surface area (Å²) in [4.78, 5) is 4.42. The van der Waals surface area contributed by atoms with E-state index in [0.717, 1.165) is 16.6 Å². The van der Waals surface area contributed by atoms with E-state index in [4.69, 9.17) is 22.1 Å². The van der Waals surface area contributed by atoms with Gasteiger partial charge in [-0.3, -0.25) is 0 Å². The van der Waals surface area contributed by atoms with E-state index in [9.17, 15) is 0 Å². The molecule has 94 valence electrons. The number of rotatable bonds is 2. The van der Waals surface area contributed by atoms with E-state index >= 15 is 0 Å². The Hall–Kier alpha value is -2.26. The standard InChI is InChI=1S/C15H11ClN2O/c16-11-2-1-3-13(9-11)19-15-7-4-10-8-12(17)5-6-14(10)18-15/h1-9H,17H2. The van der Waals surface area contributed by atoms with Gasteiger partial charge in [-0.15, -0.1) is 0 Å². The number of ether oxygens (including phenoxy) is 1. The molecule has 0 bridgehead atoms. The summed E-state index contributed by atoms with van der Waals surface area (Å²) >= 11 is 5.91. The molecule has 3 aromatic rings. The number of hydrogen-bond acceptors (Lipinski definition) is 3. The highest BCUT2D eigenvalue weighted by molar-refractivity contribution is 6.30. The monoisotopic (exact) mass is 270 g/mol. The second kappa shape index (κ2) is 4.78. The molecule has 2 N–H and O–H groups in total. The maximum absolute atomic E-state index is 5.91. The van der Waals surface area contributed by atoms with Gasteiger partial charge in [-0.25, -0.2) is 4.98 Å². The second-order valence-corrected chi connectivity index (χ2v) is 4.60. The number of nitrogens with zero attached hydrogens (tertiary/aromatic N) is 1. The summed E-state index contributed by atoms with van der Waals surface area (Å²) in [5.41, 5.74) is 7.29. The number of hydrogen-bond donors (Lipinski definition) is 1. The average molecular weight is 271 g/mol. The van der Waals surface area contributed by atoms with E-state index in [1.807, 2.05) is 42.5 Å². The Bertz CT molecular complexity index is 743. The molecular formula is C15H11ClN2O. The van der Waals surface area contributed by atoms with Gasteiger partial charge in [0, 0.05) is 22.2 Å². The van der Waals surface area contributed by atoms with Crippen LogP contribution < -0.4 is 10.5 Å². The quantitative estimate of drug-likeness (QED) is 0.708. The Morgan fingerprint density at radius 3 is 2.74 bits per heavy atom. The van der Waals surface area contributed by atoms with E-state index in [2.05, 4.69) is 4.98 Å². The van der Waals surface area contributed by atoms with Crippen molar-refractivity contribution >= 4 is 28.2 Å². The zero-order valence-corrected chi connectivity index (χ0v) is 10.8. The number of fused-ring (bicyclic) bond motifs is 1. The van der Waals surface area contributed by atoms with Crippen molar-refractivity contribution in [2.24, 2.45) is 0 Å². The fraction of sp³-hybridized carbons (Fsp3) is 0. The fourth-order valence-corrected chi connectivity index (χ4v) is 2.01. The van der Waals surface area contributed by atoms with Crippen LogP contribution in [0.2, 0.25) is 5.02 Å². The maximum Gasteiger partial charge on any atom is 0.219 e. The summed E-state index contributed by atoms with van der Waals surface area (Å²) < 4.78 is 5.67. The second-order valence-electron chi connectivity index (χ2n) is 4.16. The van der Waals surface area contributed by atoms with Crippen molar-refractivity contribution < 1.29 is 4.74 Å². The molecule has 0 atom stereocenters. The fourth-order valence-electron chi connectivity index (χ4n) is 1.83. The van der Waals surface area contributed by atoms with E-state index in [1.54, 1.807) is 12.1 Å². The van der Waals surface area contributed by atoms with Crippen molar-refractivity contribution in [2.45, 2.75) is 0 Å². The zero-order chi connectivity index (χ0) is 13.2. The summed E-state index contributed by atoms with van der Waals surface area (Å²) in [5, 5.41) is 1.62. The van der Waals surface area contributed by atoms with Gasteiger partial charge in [0.25, 0.3) is 0 Å². The van der Waals surface area contributed by atoms with Gasteiger partial charge in [0.2, 0.25) is 5.88 Å².